The number of Topliss-reactive ketones (excluding diaryl/α,β-unsaturated/α-hetero) is 2. The van der Waals surface area contributed by atoms with Gasteiger partial charge in [-0.25, -0.2) is 4.79 Å². The van der Waals surface area contributed by atoms with Crippen molar-refractivity contribution in [3.63, 3.8) is 0 Å². The minimum absolute atomic E-state index is 0.105. The van der Waals surface area contributed by atoms with E-state index in [9.17, 15) is 57.8 Å². The third-order valence-electron chi connectivity index (χ3n) is 15.1. The van der Waals surface area contributed by atoms with Gasteiger partial charge in [0.25, 0.3) is 5.91 Å². The molecule has 22 heteroatoms. The Morgan fingerprint density at radius 3 is 1.77 bits per heavy atom. The molecule has 2 aliphatic rings. The second kappa shape index (κ2) is 31.5. The van der Waals surface area contributed by atoms with E-state index in [1.54, 1.807) is 38.1 Å². The summed E-state index contributed by atoms with van der Waals surface area (Å²) >= 11 is 0. The van der Waals surface area contributed by atoms with Crippen LogP contribution in [-0.4, -0.2) is 185 Å². The number of amides is 7. The van der Waals surface area contributed by atoms with Crippen LogP contribution in [0.1, 0.15) is 140 Å². The van der Waals surface area contributed by atoms with E-state index < -0.39 is 131 Å². The van der Waals surface area contributed by atoms with Crippen molar-refractivity contribution < 1.29 is 72.1 Å². The van der Waals surface area contributed by atoms with E-state index >= 15 is 0 Å². The van der Waals surface area contributed by atoms with E-state index in [1.807, 2.05) is 41.5 Å². The molecule has 3 rings (SSSR count). The number of likely N-dealkylation sites (tertiary alicyclic amines) is 2. The van der Waals surface area contributed by atoms with E-state index in [0.29, 0.717) is 30.6 Å². The quantitative estimate of drug-likeness (QED) is 0.0489. The van der Waals surface area contributed by atoms with Crippen LogP contribution < -0.4 is 20.7 Å². The Morgan fingerprint density at radius 1 is 0.713 bits per heavy atom. The maximum Gasteiger partial charge on any atom is 0.329 e. The third kappa shape index (κ3) is 18.8. The molecule has 0 spiro atoms. The minimum atomic E-state index is -1.52. The molecule has 1 aromatic carbocycles. The molecule has 2 fully saturated rings. The molecule has 2 aliphatic heterocycles. The number of benzene rings is 1. The van der Waals surface area contributed by atoms with Gasteiger partial charge in [-0.15, -0.1) is 0 Å². The van der Waals surface area contributed by atoms with Gasteiger partial charge >= 0.3 is 11.9 Å². The van der Waals surface area contributed by atoms with Crippen molar-refractivity contribution in [2.75, 3.05) is 41.3 Å². The minimum Gasteiger partial charge on any atom is -0.497 e. The van der Waals surface area contributed by atoms with Crippen LogP contribution in [0.3, 0.4) is 0 Å². The number of hydrogen-bond acceptors (Lipinski definition) is 15. The van der Waals surface area contributed by atoms with Crippen LogP contribution in [0.5, 0.6) is 5.75 Å². The number of nitrogens with zero attached hydrogens (tertiary/aromatic N) is 4. The zero-order valence-electron chi connectivity index (χ0n) is 49.8. The van der Waals surface area contributed by atoms with Crippen molar-refractivity contribution in [3.05, 3.63) is 29.8 Å². The van der Waals surface area contributed by atoms with Crippen molar-refractivity contribution in [1.29, 1.82) is 0 Å². The van der Waals surface area contributed by atoms with E-state index in [2.05, 4.69) is 16.0 Å². The zero-order chi connectivity index (χ0) is 60.5. The van der Waals surface area contributed by atoms with Crippen LogP contribution in [0.2, 0.25) is 0 Å². The number of methoxy groups -OCH3 is 1. The normalized spacial score (nSPS) is 18.6. The van der Waals surface area contributed by atoms with E-state index in [4.69, 9.17) is 14.2 Å². The number of esters is 2. The molecule has 2 saturated heterocycles. The summed E-state index contributed by atoms with van der Waals surface area (Å²) in [4.78, 5) is 156. The fraction of sp³-hybridized carbons (Fsp3) is 0.707. The van der Waals surface area contributed by atoms with Crippen molar-refractivity contribution in [2.24, 2.45) is 29.6 Å². The zero-order valence-corrected chi connectivity index (χ0v) is 49.8. The van der Waals surface area contributed by atoms with Crippen molar-refractivity contribution in [2.45, 2.75) is 195 Å². The summed E-state index contributed by atoms with van der Waals surface area (Å²) in [5, 5.41) is 18.4. The lowest BCUT2D eigenvalue weighted by Gasteiger charge is -2.35. The highest BCUT2D eigenvalue weighted by atomic mass is 16.6. The van der Waals surface area contributed by atoms with Crippen LogP contribution >= 0.6 is 0 Å². The largest absolute Gasteiger partial charge is 0.497 e. The summed E-state index contributed by atoms with van der Waals surface area (Å²) in [5.74, 6) is -9.47. The van der Waals surface area contributed by atoms with E-state index in [1.165, 1.54) is 61.7 Å². The molecule has 4 N–H and O–H groups in total. The monoisotopic (exact) mass is 1130 g/mol. The number of carbonyl (C=O) groups excluding carboxylic acids is 11. The van der Waals surface area contributed by atoms with Crippen molar-refractivity contribution in [3.8, 4) is 5.75 Å². The Hall–Kier alpha value is -6.45. The predicted octanol–water partition coefficient (Wildman–Crippen LogP) is 3.16. The number of nitrogens with one attached hydrogen (secondary N) is 3. The highest BCUT2D eigenvalue weighted by molar-refractivity contribution is 6.35. The third-order valence-corrected chi connectivity index (χ3v) is 15.1. The molecular formula is C58H91N7O15. The van der Waals surface area contributed by atoms with E-state index in [-0.39, 0.29) is 69.4 Å². The Kier molecular flexibility index (Phi) is 26.7. The van der Waals surface area contributed by atoms with E-state index in [0.717, 1.165) is 13.3 Å². The number of carbonyl (C=O) groups is 11. The first-order valence-corrected chi connectivity index (χ1v) is 28.2. The first-order valence-electron chi connectivity index (χ1n) is 28.2. The molecule has 80 heavy (non-hydrogen) atoms. The predicted molar refractivity (Wildman–Crippen MR) is 296 cm³/mol. The number of aliphatic hydroxyl groups is 1. The van der Waals surface area contributed by atoms with Crippen LogP contribution in [0.15, 0.2) is 24.3 Å². The Bertz CT molecular complexity index is 2340. The van der Waals surface area contributed by atoms with Gasteiger partial charge in [-0.3, -0.25) is 47.9 Å². The molecule has 2 heterocycles. The molecular weight excluding hydrogens is 1030 g/mol. The molecule has 0 aliphatic carbocycles. The van der Waals surface area contributed by atoms with Gasteiger partial charge in [-0.05, 0) is 100 Å². The molecule has 22 nitrogen and oxygen atoms in total. The number of likely N-dealkylation sites (N-methyl/N-ethyl adjacent to an activating group) is 3. The standard InChI is InChI=1S/C58H91N7O15/c1-16-35(8)29-40(67)31-47(68)80-50(34(6)7)49(69)36(9)51(70)60-42(27-32(2)3)55(74)65-26-18-20-44(65)57(76)63(14)46(30-39-21-23-41(78-15)24-22-39)58(77)79-38(11)48(53(72)59-12)61-52(71)45(28-33(4)5)62(13)56(75)43-19-17-25-64(43)54(73)37(10)66/h21-24,32-36,38,40,42-46,48,50,67H,16-20,25-31H2,1-15H3,(H,59,72)(H,60,70)(H,61,71)/t35-,36-,38+,40+,42-,43-,44-,45+,46-,48-,50-/m0/s1. The van der Waals surface area contributed by atoms with Gasteiger partial charge in [0.1, 0.15) is 48.1 Å². The summed E-state index contributed by atoms with van der Waals surface area (Å²) in [6, 6.07) is -0.563. The molecule has 0 saturated carbocycles. The number of aliphatic hydroxyl groups excluding tert-OH is 1. The fourth-order valence-corrected chi connectivity index (χ4v) is 10.1. The van der Waals surface area contributed by atoms with Gasteiger partial charge in [-0.2, -0.15) is 0 Å². The summed E-state index contributed by atoms with van der Waals surface area (Å²) in [5.41, 5.74) is 0.586. The lowest BCUT2D eigenvalue weighted by molar-refractivity contribution is -0.162. The van der Waals surface area contributed by atoms with Crippen molar-refractivity contribution >= 4 is 64.9 Å². The van der Waals surface area contributed by atoms with Crippen LogP contribution in [0.4, 0.5) is 0 Å². The first-order chi connectivity index (χ1) is 37.5. The Labute approximate surface area is 472 Å². The SMILES string of the molecule is CC[C@H](C)C[C@@H](O)CC(=O)O[C@H](C(=O)[C@H](C)C(=O)N[C@@H](CC(C)C)C(=O)N1CCC[C@H]1C(=O)N(C)[C@@H](Cc1ccc(OC)cc1)C(=O)O[C@H](C)[C@H](NC(=O)[C@@H](CC(C)C)N(C)C(=O)[C@@H]1CCCN1C(=O)C(C)=O)C(=O)NC)C(C)C. The maximum atomic E-state index is 14.8. The molecule has 0 radical (unpaired) electrons. The summed E-state index contributed by atoms with van der Waals surface area (Å²) in [7, 11) is 5.63. The van der Waals surface area contributed by atoms with Gasteiger partial charge in [0.15, 0.2) is 11.9 Å². The molecule has 0 bridgehead atoms. The Morgan fingerprint density at radius 2 is 1.26 bits per heavy atom. The van der Waals surface area contributed by atoms with Gasteiger partial charge < -0.3 is 54.9 Å². The lowest BCUT2D eigenvalue weighted by atomic mass is 9.92. The fourth-order valence-electron chi connectivity index (χ4n) is 10.1. The maximum absolute atomic E-state index is 14.8. The number of rotatable bonds is 30. The van der Waals surface area contributed by atoms with Crippen LogP contribution in [0, 0.1) is 29.6 Å². The van der Waals surface area contributed by atoms with Crippen LogP contribution in [-0.2, 0) is 68.6 Å². The van der Waals surface area contributed by atoms with Gasteiger partial charge in [0.2, 0.25) is 41.2 Å². The highest BCUT2D eigenvalue weighted by Gasteiger charge is 2.45. The number of hydrogen-bond donors (Lipinski definition) is 4. The Balaban J connectivity index is 1.91. The highest BCUT2D eigenvalue weighted by Crippen LogP contribution is 2.27. The molecule has 0 unspecified atom stereocenters. The summed E-state index contributed by atoms with van der Waals surface area (Å²) < 4.78 is 16.9. The van der Waals surface area contributed by atoms with Crippen LogP contribution in [0.25, 0.3) is 0 Å². The molecule has 1 aromatic rings. The van der Waals surface area contributed by atoms with Crippen molar-refractivity contribution in [1.82, 2.24) is 35.6 Å². The molecule has 0 aromatic heterocycles. The summed E-state index contributed by atoms with van der Waals surface area (Å²) in [6.45, 7) is 18.8. The average Bonchev–Trinajstić information content (AvgIpc) is 4.11. The number of ether oxygens (including phenoxy) is 3. The number of ketones is 2. The second-order valence-corrected chi connectivity index (χ2v) is 22.8. The smallest absolute Gasteiger partial charge is 0.329 e. The van der Waals surface area contributed by atoms with Gasteiger partial charge in [0.05, 0.1) is 25.6 Å². The average molecular weight is 1130 g/mol. The van der Waals surface area contributed by atoms with Gasteiger partial charge in [0, 0.05) is 47.6 Å². The first kappa shape index (κ1) is 67.8. The topological polar surface area (TPSA) is 285 Å². The summed E-state index contributed by atoms with van der Waals surface area (Å²) in [6.07, 6.45) is -1.27. The lowest BCUT2D eigenvalue weighted by Crippen LogP contribution is -2.60. The molecule has 7 amide bonds. The molecule has 448 valence electrons. The van der Waals surface area contributed by atoms with Gasteiger partial charge in [-0.1, -0.05) is 73.9 Å². The molecule has 11 atom stereocenters. The second-order valence-electron chi connectivity index (χ2n) is 22.8.